The van der Waals surface area contributed by atoms with Gasteiger partial charge in [0, 0.05) is 6.07 Å². The van der Waals surface area contributed by atoms with Crippen LogP contribution in [0.1, 0.15) is 16.2 Å². The minimum atomic E-state index is -0.796. The Morgan fingerprint density at radius 1 is 1.28 bits per heavy atom. The number of hydrogen-bond donors (Lipinski definition) is 1. The largest absolute Gasteiger partial charge is 0.454 e. The van der Waals surface area contributed by atoms with Crippen LogP contribution in [0.3, 0.4) is 0 Å². The van der Waals surface area contributed by atoms with E-state index in [4.69, 9.17) is 16.3 Å². The fourth-order valence-corrected chi connectivity index (χ4v) is 2.39. The number of carbonyl (C=O) groups is 1. The van der Waals surface area contributed by atoms with Gasteiger partial charge in [-0.15, -0.1) is 0 Å². The van der Waals surface area contributed by atoms with Gasteiger partial charge in [-0.05, 0) is 24.3 Å². The first-order chi connectivity index (χ1) is 12.0. The van der Waals surface area contributed by atoms with Gasteiger partial charge in [-0.1, -0.05) is 23.7 Å². The first-order valence-corrected chi connectivity index (χ1v) is 7.42. The van der Waals surface area contributed by atoms with Gasteiger partial charge in [0.15, 0.2) is 0 Å². The van der Waals surface area contributed by atoms with E-state index in [9.17, 15) is 19.7 Å². The summed E-state index contributed by atoms with van der Waals surface area (Å²) in [5.41, 5.74) is -0.300. The van der Waals surface area contributed by atoms with Crippen LogP contribution in [0.4, 0.5) is 5.69 Å². The lowest BCUT2D eigenvalue weighted by Gasteiger charge is -2.06. The summed E-state index contributed by atoms with van der Waals surface area (Å²) in [5, 5.41) is 11.2. The van der Waals surface area contributed by atoms with Crippen molar-refractivity contribution in [3.05, 3.63) is 79.3 Å². The van der Waals surface area contributed by atoms with Crippen molar-refractivity contribution in [3.8, 4) is 0 Å². The minimum absolute atomic E-state index is 0.0285. The Labute approximate surface area is 145 Å². The van der Waals surface area contributed by atoms with Crippen LogP contribution >= 0.6 is 11.6 Å². The van der Waals surface area contributed by atoms with E-state index in [1.807, 2.05) is 0 Å². The first kappa shape index (κ1) is 16.6. The number of aromatic nitrogens is 2. The number of benzene rings is 2. The fourth-order valence-electron chi connectivity index (χ4n) is 2.20. The van der Waals surface area contributed by atoms with Gasteiger partial charge in [0.25, 0.3) is 11.2 Å². The summed E-state index contributed by atoms with van der Waals surface area (Å²) < 4.78 is 5.06. The lowest BCUT2D eigenvalue weighted by atomic mass is 10.2. The van der Waals surface area contributed by atoms with Gasteiger partial charge in [-0.25, -0.2) is 9.78 Å². The number of nitro benzene ring substituents is 1. The van der Waals surface area contributed by atoms with Gasteiger partial charge < -0.3 is 9.72 Å². The van der Waals surface area contributed by atoms with E-state index in [0.717, 1.165) is 6.07 Å². The van der Waals surface area contributed by atoms with E-state index in [2.05, 4.69) is 9.97 Å². The average molecular weight is 360 g/mol. The number of esters is 1. The third kappa shape index (κ3) is 3.48. The molecular formula is C16H10ClN3O5. The van der Waals surface area contributed by atoms with Gasteiger partial charge in [-0.3, -0.25) is 14.9 Å². The molecule has 25 heavy (non-hydrogen) atoms. The number of carbonyl (C=O) groups excluding carboxylic acids is 1. The smallest absolute Gasteiger partial charge is 0.338 e. The van der Waals surface area contributed by atoms with Crippen LogP contribution in [0.15, 0.2) is 47.3 Å². The summed E-state index contributed by atoms with van der Waals surface area (Å²) in [5.74, 6) is -0.629. The minimum Gasteiger partial charge on any atom is -0.454 e. The number of nitrogens with one attached hydrogen (secondary N) is 1. The molecule has 0 spiro atoms. The van der Waals surface area contributed by atoms with Crippen molar-refractivity contribution < 1.29 is 14.5 Å². The summed E-state index contributed by atoms with van der Waals surface area (Å²) >= 11 is 5.70. The van der Waals surface area contributed by atoms with Crippen molar-refractivity contribution in [1.29, 1.82) is 0 Å². The maximum absolute atomic E-state index is 12.0. The molecule has 0 radical (unpaired) electrons. The second kappa shape index (κ2) is 6.70. The van der Waals surface area contributed by atoms with Crippen LogP contribution in [0.25, 0.3) is 10.9 Å². The highest BCUT2D eigenvalue weighted by Gasteiger charge is 2.17. The highest BCUT2D eigenvalue weighted by Crippen LogP contribution is 2.25. The molecule has 3 rings (SSSR count). The van der Waals surface area contributed by atoms with Gasteiger partial charge in [-0.2, -0.15) is 0 Å². The van der Waals surface area contributed by atoms with Crippen molar-refractivity contribution in [2.24, 2.45) is 0 Å². The number of halogens is 1. The van der Waals surface area contributed by atoms with Crippen LogP contribution < -0.4 is 5.56 Å². The van der Waals surface area contributed by atoms with Crippen LogP contribution in [0, 0.1) is 10.1 Å². The van der Waals surface area contributed by atoms with E-state index in [1.165, 1.54) is 12.1 Å². The lowest BCUT2D eigenvalue weighted by Crippen LogP contribution is -2.14. The maximum atomic E-state index is 12.0. The van der Waals surface area contributed by atoms with Crippen LogP contribution in [-0.2, 0) is 11.3 Å². The first-order valence-electron chi connectivity index (χ1n) is 7.04. The Hall–Kier alpha value is -3.26. The van der Waals surface area contributed by atoms with E-state index >= 15 is 0 Å². The molecule has 3 aromatic rings. The molecule has 0 saturated carbocycles. The second-order valence-electron chi connectivity index (χ2n) is 5.03. The number of H-pyrrole nitrogens is 1. The zero-order valence-electron chi connectivity index (χ0n) is 12.6. The van der Waals surface area contributed by atoms with E-state index in [0.29, 0.717) is 10.9 Å². The molecule has 0 saturated heterocycles. The lowest BCUT2D eigenvalue weighted by molar-refractivity contribution is -0.384. The molecule has 0 aliphatic heterocycles. The zero-order valence-corrected chi connectivity index (χ0v) is 13.3. The molecule has 2 aromatic carbocycles. The van der Waals surface area contributed by atoms with E-state index in [-0.39, 0.29) is 28.6 Å². The molecule has 0 unspecified atom stereocenters. The van der Waals surface area contributed by atoms with Gasteiger partial charge in [0.1, 0.15) is 17.5 Å². The van der Waals surface area contributed by atoms with Gasteiger partial charge >= 0.3 is 5.97 Å². The van der Waals surface area contributed by atoms with Crippen LogP contribution in [0.5, 0.6) is 0 Å². The Balaban J connectivity index is 1.80. The van der Waals surface area contributed by atoms with Crippen molar-refractivity contribution in [1.82, 2.24) is 9.97 Å². The molecule has 0 atom stereocenters. The van der Waals surface area contributed by atoms with Crippen LogP contribution in [-0.4, -0.2) is 20.9 Å². The molecule has 0 bridgehead atoms. The molecular weight excluding hydrogens is 350 g/mol. The highest BCUT2D eigenvalue weighted by molar-refractivity contribution is 6.32. The van der Waals surface area contributed by atoms with E-state index < -0.39 is 16.6 Å². The summed E-state index contributed by atoms with van der Waals surface area (Å²) in [6.45, 7) is -0.282. The second-order valence-corrected chi connectivity index (χ2v) is 5.44. The quantitative estimate of drug-likeness (QED) is 0.435. The number of aromatic amines is 1. The third-order valence-corrected chi connectivity index (χ3v) is 3.70. The Kier molecular flexibility index (Phi) is 4.44. The molecule has 0 amide bonds. The number of rotatable bonds is 4. The third-order valence-electron chi connectivity index (χ3n) is 3.38. The van der Waals surface area contributed by atoms with Gasteiger partial charge in [0.2, 0.25) is 0 Å². The Morgan fingerprint density at radius 2 is 2.04 bits per heavy atom. The summed E-state index contributed by atoms with van der Waals surface area (Å²) in [6.07, 6.45) is 0. The summed E-state index contributed by atoms with van der Waals surface area (Å²) in [7, 11) is 0. The number of nitro groups is 1. The van der Waals surface area contributed by atoms with Crippen molar-refractivity contribution in [3.63, 3.8) is 0 Å². The van der Waals surface area contributed by atoms with Gasteiger partial charge in [0.05, 0.1) is 21.4 Å². The van der Waals surface area contributed by atoms with Crippen LogP contribution in [0.2, 0.25) is 5.02 Å². The highest BCUT2D eigenvalue weighted by atomic mass is 35.5. The normalized spacial score (nSPS) is 10.6. The summed E-state index contributed by atoms with van der Waals surface area (Å²) in [6, 6.07) is 10.3. The fraction of sp³-hybridized carbons (Fsp3) is 0.0625. The zero-order chi connectivity index (χ0) is 18.0. The molecule has 8 nitrogen and oxygen atoms in total. The number of para-hydroxylation sites is 1. The topological polar surface area (TPSA) is 115 Å². The van der Waals surface area contributed by atoms with E-state index in [1.54, 1.807) is 24.3 Å². The molecule has 0 aliphatic carbocycles. The number of fused-ring (bicyclic) bond motifs is 1. The average Bonchev–Trinajstić information content (AvgIpc) is 2.60. The van der Waals surface area contributed by atoms with Crippen molar-refractivity contribution in [2.45, 2.75) is 6.61 Å². The van der Waals surface area contributed by atoms with Crippen molar-refractivity contribution in [2.75, 3.05) is 0 Å². The monoisotopic (exact) mass is 359 g/mol. The SMILES string of the molecule is O=C(OCc1nc2ccccc2c(=O)[nH]1)c1ccc(Cl)c([N+](=O)[O-])c1. The molecule has 1 heterocycles. The molecule has 126 valence electrons. The predicted octanol–water partition coefficient (Wildman–Crippen LogP) is 2.84. The van der Waals surface area contributed by atoms with Crippen molar-refractivity contribution >= 4 is 34.2 Å². The number of nitrogens with zero attached hydrogens (tertiary/aromatic N) is 2. The molecule has 9 heteroatoms. The summed E-state index contributed by atoms with van der Waals surface area (Å²) in [4.78, 5) is 40.9. The molecule has 0 aliphatic rings. The molecule has 1 aromatic heterocycles. The predicted molar refractivity (Wildman–Crippen MR) is 89.6 cm³/mol. The molecule has 0 fully saturated rings. The maximum Gasteiger partial charge on any atom is 0.338 e. The molecule has 1 N–H and O–H groups in total. The number of ether oxygens (including phenoxy) is 1. The standard InChI is InChI=1S/C16H10ClN3O5/c17-11-6-5-9(7-13(11)20(23)24)16(22)25-8-14-18-12-4-2-1-3-10(12)15(21)19-14/h1-7H,8H2,(H,18,19,21). The Morgan fingerprint density at radius 3 is 2.80 bits per heavy atom. The number of hydrogen-bond acceptors (Lipinski definition) is 6. The Bertz CT molecular complexity index is 1050.